The van der Waals surface area contributed by atoms with E-state index in [0.29, 0.717) is 13.2 Å². The van der Waals surface area contributed by atoms with E-state index in [0.717, 1.165) is 44.0 Å². The van der Waals surface area contributed by atoms with Crippen LogP contribution in [0.25, 0.3) is 0 Å². The molecule has 1 aromatic carbocycles. The largest absolute Gasteiger partial charge is 0.486 e. The van der Waals surface area contributed by atoms with Crippen molar-refractivity contribution < 1.29 is 9.47 Å². The number of nitrogens with zero attached hydrogens (tertiary/aromatic N) is 1. The van der Waals surface area contributed by atoms with E-state index in [-0.39, 0.29) is 0 Å². The van der Waals surface area contributed by atoms with Crippen molar-refractivity contribution in [1.29, 1.82) is 0 Å². The Morgan fingerprint density at radius 1 is 1.17 bits per heavy atom. The molecule has 0 amide bonds. The summed E-state index contributed by atoms with van der Waals surface area (Å²) in [4.78, 5) is 2.26. The highest BCUT2D eigenvalue weighted by molar-refractivity contribution is 5.43. The van der Waals surface area contributed by atoms with Gasteiger partial charge in [-0.15, -0.1) is 0 Å². The Balaban J connectivity index is 1.82. The van der Waals surface area contributed by atoms with Gasteiger partial charge in [0.1, 0.15) is 13.2 Å². The van der Waals surface area contributed by atoms with Crippen LogP contribution in [0.2, 0.25) is 0 Å². The molecule has 4 heteroatoms. The highest BCUT2D eigenvalue weighted by Gasteiger charge is 2.11. The Bertz CT molecular complexity index is 382. The van der Waals surface area contributed by atoms with Crippen LogP contribution in [0.3, 0.4) is 0 Å². The van der Waals surface area contributed by atoms with Gasteiger partial charge in [0.15, 0.2) is 11.5 Å². The van der Waals surface area contributed by atoms with Gasteiger partial charge >= 0.3 is 0 Å². The summed E-state index contributed by atoms with van der Waals surface area (Å²) >= 11 is 0. The molecular formula is C14H22N2O2. The number of hydrogen-bond acceptors (Lipinski definition) is 4. The van der Waals surface area contributed by atoms with Gasteiger partial charge in [-0.05, 0) is 44.1 Å². The monoisotopic (exact) mass is 250 g/mol. The average molecular weight is 250 g/mol. The van der Waals surface area contributed by atoms with Gasteiger partial charge in [0.2, 0.25) is 0 Å². The van der Waals surface area contributed by atoms with Crippen molar-refractivity contribution in [3.63, 3.8) is 0 Å². The van der Waals surface area contributed by atoms with E-state index in [2.05, 4.69) is 24.1 Å². The fourth-order valence-corrected chi connectivity index (χ4v) is 2.13. The zero-order valence-corrected chi connectivity index (χ0v) is 11.0. The molecule has 100 valence electrons. The van der Waals surface area contributed by atoms with E-state index in [1.807, 2.05) is 6.07 Å². The molecular weight excluding hydrogens is 228 g/mol. The Kier molecular flexibility index (Phi) is 4.84. The third-order valence-corrected chi connectivity index (χ3v) is 3.12. The molecule has 4 nitrogen and oxygen atoms in total. The zero-order chi connectivity index (χ0) is 12.8. The predicted octanol–water partition coefficient (Wildman–Crippen LogP) is 1.28. The topological polar surface area (TPSA) is 47.7 Å². The minimum Gasteiger partial charge on any atom is -0.486 e. The molecule has 1 aromatic rings. The smallest absolute Gasteiger partial charge is 0.161 e. The van der Waals surface area contributed by atoms with Gasteiger partial charge in [0.25, 0.3) is 0 Å². The number of aryl methyl sites for hydroxylation is 1. The molecule has 0 radical (unpaired) electrons. The summed E-state index contributed by atoms with van der Waals surface area (Å²) in [5, 5.41) is 0. The summed E-state index contributed by atoms with van der Waals surface area (Å²) in [6, 6.07) is 6.22. The second kappa shape index (κ2) is 6.61. The van der Waals surface area contributed by atoms with Gasteiger partial charge < -0.3 is 20.1 Å². The first-order valence-electron chi connectivity index (χ1n) is 6.57. The molecule has 0 fully saturated rings. The molecule has 0 spiro atoms. The molecule has 2 N–H and O–H groups in total. The zero-order valence-electron chi connectivity index (χ0n) is 11.0. The van der Waals surface area contributed by atoms with Crippen LogP contribution in [-0.4, -0.2) is 44.8 Å². The van der Waals surface area contributed by atoms with Crippen molar-refractivity contribution in [2.24, 2.45) is 5.73 Å². The van der Waals surface area contributed by atoms with E-state index in [9.17, 15) is 0 Å². The quantitative estimate of drug-likeness (QED) is 0.826. The molecule has 1 aliphatic rings. The van der Waals surface area contributed by atoms with Crippen LogP contribution in [-0.2, 0) is 6.42 Å². The van der Waals surface area contributed by atoms with Crippen LogP contribution < -0.4 is 15.2 Å². The number of likely N-dealkylation sites (N-methyl/N-ethyl adjacent to an activating group) is 1. The lowest BCUT2D eigenvalue weighted by molar-refractivity contribution is 0.171. The van der Waals surface area contributed by atoms with Crippen molar-refractivity contribution in [1.82, 2.24) is 4.90 Å². The van der Waals surface area contributed by atoms with E-state index in [4.69, 9.17) is 15.2 Å². The molecule has 0 atom stereocenters. The van der Waals surface area contributed by atoms with Crippen molar-refractivity contribution >= 4 is 0 Å². The number of hydrogen-bond donors (Lipinski definition) is 1. The average Bonchev–Trinajstić information content (AvgIpc) is 2.39. The first kappa shape index (κ1) is 13.2. The molecule has 1 aliphatic heterocycles. The van der Waals surface area contributed by atoms with Gasteiger partial charge in [0, 0.05) is 13.1 Å². The SMILES string of the molecule is CN(CCN)CCCc1ccc2c(c1)OCCO2. The third kappa shape index (κ3) is 3.62. The highest BCUT2D eigenvalue weighted by atomic mass is 16.6. The van der Waals surface area contributed by atoms with E-state index >= 15 is 0 Å². The van der Waals surface area contributed by atoms with Gasteiger partial charge in [-0.25, -0.2) is 0 Å². The first-order chi connectivity index (χ1) is 8.79. The van der Waals surface area contributed by atoms with Crippen molar-refractivity contribution in [3.8, 4) is 11.5 Å². The highest BCUT2D eigenvalue weighted by Crippen LogP contribution is 2.30. The fourth-order valence-electron chi connectivity index (χ4n) is 2.13. The van der Waals surface area contributed by atoms with E-state index in [1.54, 1.807) is 0 Å². The van der Waals surface area contributed by atoms with Gasteiger partial charge in [0.05, 0.1) is 0 Å². The first-order valence-corrected chi connectivity index (χ1v) is 6.57. The van der Waals surface area contributed by atoms with Crippen molar-refractivity contribution in [2.45, 2.75) is 12.8 Å². The summed E-state index contributed by atoms with van der Waals surface area (Å²) in [7, 11) is 2.11. The van der Waals surface area contributed by atoms with Gasteiger partial charge in [-0.1, -0.05) is 6.07 Å². The number of nitrogens with two attached hydrogens (primary N) is 1. The lowest BCUT2D eigenvalue weighted by Crippen LogP contribution is -2.26. The van der Waals surface area contributed by atoms with Crippen LogP contribution in [0.5, 0.6) is 11.5 Å². The second-order valence-electron chi connectivity index (χ2n) is 4.67. The van der Waals surface area contributed by atoms with E-state index in [1.165, 1.54) is 5.56 Å². The third-order valence-electron chi connectivity index (χ3n) is 3.12. The molecule has 0 aromatic heterocycles. The lowest BCUT2D eigenvalue weighted by Gasteiger charge is -2.19. The Hall–Kier alpha value is -1.26. The molecule has 0 unspecified atom stereocenters. The maximum absolute atomic E-state index is 5.58. The van der Waals surface area contributed by atoms with Crippen molar-refractivity contribution in [2.75, 3.05) is 39.9 Å². The van der Waals surface area contributed by atoms with Crippen LogP contribution in [0.15, 0.2) is 18.2 Å². The number of ether oxygens (including phenoxy) is 2. The number of benzene rings is 1. The summed E-state index contributed by atoms with van der Waals surface area (Å²) in [6.45, 7) is 4.05. The van der Waals surface area contributed by atoms with Crippen LogP contribution >= 0.6 is 0 Å². The molecule has 2 rings (SSSR count). The maximum atomic E-state index is 5.58. The summed E-state index contributed by atoms with van der Waals surface area (Å²) in [6.07, 6.45) is 2.20. The molecule has 0 aliphatic carbocycles. The molecule has 18 heavy (non-hydrogen) atoms. The summed E-state index contributed by atoms with van der Waals surface area (Å²) in [5.41, 5.74) is 6.82. The van der Waals surface area contributed by atoms with Crippen LogP contribution in [0, 0.1) is 0 Å². The summed E-state index contributed by atoms with van der Waals surface area (Å²) < 4.78 is 11.1. The number of rotatable bonds is 6. The van der Waals surface area contributed by atoms with E-state index < -0.39 is 0 Å². The minimum absolute atomic E-state index is 0.649. The standard InChI is InChI=1S/C14H22N2O2/c1-16(8-6-15)7-2-3-12-4-5-13-14(11-12)18-10-9-17-13/h4-5,11H,2-3,6-10,15H2,1H3. The fraction of sp³-hybridized carbons (Fsp3) is 0.571. The molecule has 0 bridgehead atoms. The predicted molar refractivity (Wildman–Crippen MR) is 72.3 cm³/mol. The minimum atomic E-state index is 0.649. The second-order valence-corrected chi connectivity index (χ2v) is 4.67. The van der Waals surface area contributed by atoms with Gasteiger partial charge in [-0.3, -0.25) is 0 Å². The normalized spacial score (nSPS) is 13.9. The Morgan fingerprint density at radius 3 is 2.72 bits per heavy atom. The van der Waals surface area contributed by atoms with Gasteiger partial charge in [-0.2, -0.15) is 0 Å². The maximum Gasteiger partial charge on any atom is 0.161 e. The summed E-state index contributed by atoms with van der Waals surface area (Å²) in [5.74, 6) is 1.75. The molecule has 0 saturated heterocycles. The number of fused-ring (bicyclic) bond motifs is 1. The lowest BCUT2D eigenvalue weighted by atomic mass is 10.1. The Morgan fingerprint density at radius 2 is 1.94 bits per heavy atom. The molecule has 0 saturated carbocycles. The van der Waals surface area contributed by atoms with Crippen LogP contribution in [0.1, 0.15) is 12.0 Å². The Labute approximate surface area is 109 Å². The van der Waals surface area contributed by atoms with Crippen molar-refractivity contribution in [3.05, 3.63) is 23.8 Å². The van der Waals surface area contributed by atoms with Crippen LogP contribution in [0.4, 0.5) is 0 Å². The molecule has 1 heterocycles.